The van der Waals surface area contributed by atoms with Crippen LogP contribution in [-0.4, -0.2) is 106 Å². The molecule has 7 heteroatoms. The van der Waals surface area contributed by atoms with Crippen LogP contribution in [0.4, 0.5) is 0 Å². The molecule has 0 spiro atoms. The van der Waals surface area contributed by atoms with Crippen LogP contribution in [0, 0.1) is 0 Å². The van der Waals surface area contributed by atoms with Gasteiger partial charge >= 0.3 is 0 Å². The number of β-amino-alcohol motifs (C(OH)–C–C–N with tert-alkyl or cyclic N) is 1. The van der Waals surface area contributed by atoms with Crippen LogP contribution in [0.15, 0.2) is 18.2 Å². The Morgan fingerprint density at radius 1 is 1.04 bits per heavy atom. The van der Waals surface area contributed by atoms with Crippen LogP contribution < -0.4 is 9.47 Å². The predicted octanol–water partition coefficient (Wildman–Crippen LogP) is 0.515. The van der Waals surface area contributed by atoms with Crippen molar-refractivity contribution in [3.8, 4) is 11.5 Å². The first-order valence-corrected chi connectivity index (χ1v) is 9.83. The Hall–Kier alpha value is -1.38. The minimum atomic E-state index is -0.513. The monoisotopic (exact) mass is 379 g/mol. The van der Waals surface area contributed by atoms with Crippen molar-refractivity contribution in [1.82, 2.24) is 14.7 Å². The maximum Gasteiger partial charge on any atom is 0.161 e. The first-order valence-electron chi connectivity index (χ1n) is 9.83. The van der Waals surface area contributed by atoms with Crippen molar-refractivity contribution in [3.05, 3.63) is 23.8 Å². The maximum absolute atomic E-state index is 10.4. The summed E-state index contributed by atoms with van der Waals surface area (Å²) < 4.78 is 16.8. The van der Waals surface area contributed by atoms with Crippen LogP contribution in [0.25, 0.3) is 0 Å². The summed E-state index contributed by atoms with van der Waals surface area (Å²) in [7, 11) is 3.78. The molecule has 1 atom stereocenters. The van der Waals surface area contributed by atoms with Crippen molar-refractivity contribution in [2.45, 2.75) is 12.6 Å². The van der Waals surface area contributed by atoms with Crippen molar-refractivity contribution in [3.63, 3.8) is 0 Å². The number of benzene rings is 1. The van der Waals surface area contributed by atoms with Crippen LogP contribution in [0.3, 0.4) is 0 Å². The van der Waals surface area contributed by atoms with Crippen LogP contribution in [0.5, 0.6) is 11.5 Å². The minimum absolute atomic E-state index is 0.268. The lowest BCUT2D eigenvalue weighted by Gasteiger charge is -2.33. The van der Waals surface area contributed by atoms with Gasteiger partial charge in [0.05, 0.1) is 20.3 Å². The summed E-state index contributed by atoms with van der Waals surface area (Å²) in [5, 5.41) is 10.4. The third-order valence-corrected chi connectivity index (χ3v) is 5.23. The van der Waals surface area contributed by atoms with Gasteiger partial charge in [-0.15, -0.1) is 0 Å². The number of piperazine rings is 1. The van der Waals surface area contributed by atoms with Crippen LogP contribution in [0.1, 0.15) is 5.56 Å². The number of nitrogens with zero attached hydrogens (tertiary/aromatic N) is 3. The number of aliphatic hydroxyl groups is 1. The predicted molar refractivity (Wildman–Crippen MR) is 105 cm³/mol. The van der Waals surface area contributed by atoms with E-state index >= 15 is 0 Å². The lowest BCUT2D eigenvalue weighted by atomic mass is 10.2. The summed E-state index contributed by atoms with van der Waals surface area (Å²) in [5.41, 5.74) is 1.18. The second-order valence-corrected chi connectivity index (χ2v) is 7.44. The average molecular weight is 380 g/mol. The van der Waals surface area contributed by atoms with E-state index < -0.39 is 6.10 Å². The molecule has 0 amide bonds. The molecule has 0 aliphatic carbocycles. The minimum Gasteiger partial charge on any atom is -0.493 e. The number of hydrogen-bond acceptors (Lipinski definition) is 7. The molecule has 0 bridgehead atoms. The molecule has 7 nitrogen and oxygen atoms in total. The average Bonchev–Trinajstić information content (AvgIpc) is 2.69. The highest BCUT2D eigenvalue weighted by molar-refractivity contribution is 5.43. The summed E-state index contributed by atoms with van der Waals surface area (Å²) in [4.78, 5) is 6.97. The van der Waals surface area contributed by atoms with Gasteiger partial charge in [0.2, 0.25) is 0 Å². The normalized spacial score (nSPS) is 21.1. The van der Waals surface area contributed by atoms with Gasteiger partial charge in [-0.3, -0.25) is 9.80 Å². The van der Waals surface area contributed by atoms with E-state index in [-0.39, 0.29) is 6.61 Å². The van der Waals surface area contributed by atoms with Crippen molar-refractivity contribution in [2.75, 3.05) is 79.8 Å². The van der Waals surface area contributed by atoms with Gasteiger partial charge in [0, 0.05) is 52.4 Å². The number of likely N-dealkylation sites (N-methyl/N-ethyl adjacent to an activating group) is 1. The zero-order valence-electron chi connectivity index (χ0n) is 16.6. The Kier molecular flexibility index (Phi) is 7.72. The summed E-state index contributed by atoms with van der Waals surface area (Å²) in [6.45, 7) is 9.34. The molecule has 3 rings (SSSR count). The largest absolute Gasteiger partial charge is 0.493 e. The van der Waals surface area contributed by atoms with Gasteiger partial charge in [-0.25, -0.2) is 0 Å². The first kappa shape index (κ1) is 20.4. The highest BCUT2D eigenvalue weighted by Gasteiger charge is 2.18. The van der Waals surface area contributed by atoms with Gasteiger partial charge in [-0.05, 0) is 24.7 Å². The Bertz CT molecular complexity index is 572. The lowest BCUT2D eigenvalue weighted by molar-refractivity contribution is 0.0340. The molecule has 0 aromatic heterocycles. The van der Waals surface area contributed by atoms with Gasteiger partial charge < -0.3 is 24.2 Å². The van der Waals surface area contributed by atoms with Crippen LogP contribution in [-0.2, 0) is 11.3 Å². The van der Waals surface area contributed by atoms with Crippen molar-refractivity contribution < 1.29 is 19.3 Å². The summed E-state index contributed by atoms with van der Waals surface area (Å²) in [5.74, 6) is 1.40. The molecule has 0 radical (unpaired) electrons. The van der Waals surface area contributed by atoms with E-state index in [1.54, 1.807) is 7.11 Å². The van der Waals surface area contributed by atoms with Crippen LogP contribution in [0.2, 0.25) is 0 Å². The molecular weight excluding hydrogens is 346 g/mol. The molecule has 0 saturated carbocycles. The molecule has 1 N–H and O–H groups in total. The maximum atomic E-state index is 10.4. The number of aliphatic hydroxyl groups excluding tert-OH is 1. The molecule has 1 unspecified atom stereocenters. The van der Waals surface area contributed by atoms with E-state index in [4.69, 9.17) is 14.2 Å². The number of rotatable bonds is 8. The van der Waals surface area contributed by atoms with Gasteiger partial charge in [0.15, 0.2) is 11.5 Å². The molecule has 1 aromatic carbocycles. The lowest BCUT2D eigenvalue weighted by Crippen LogP contribution is -2.47. The fourth-order valence-electron chi connectivity index (χ4n) is 3.52. The molecule has 2 saturated heterocycles. The van der Waals surface area contributed by atoms with Crippen molar-refractivity contribution in [1.29, 1.82) is 0 Å². The molecule has 2 aliphatic heterocycles. The SMILES string of the molecule is COc1ccc(CN2CCOCC2)cc1OCC(O)CN1CCN(C)CC1. The summed E-state index contributed by atoms with van der Waals surface area (Å²) in [6.07, 6.45) is -0.513. The number of morpholine rings is 1. The van der Waals surface area contributed by atoms with Gasteiger partial charge in [-0.1, -0.05) is 6.07 Å². The molecule has 2 fully saturated rings. The highest BCUT2D eigenvalue weighted by atomic mass is 16.5. The van der Waals surface area contributed by atoms with E-state index in [1.807, 2.05) is 12.1 Å². The zero-order valence-corrected chi connectivity index (χ0v) is 16.6. The Labute approximate surface area is 162 Å². The van der Waals surface area contributed by atoms with Crippen LogP contribution >= 0.6 is 0 Å². The molecule has 1 aromatic rings. The number of ether oxygens (including phenoxy) is 3. The third-order valence-electron chi connectivity index (χ3n) is 5.23. The van der Waals surface area contributed by atoms with E-state index in [1.165, 1.54) is 5.56 Å². The van der Waals surface area contributed by atoms with Gasteiger partial charge in [0.1, 0.15) is 12.7 Å². The number of methoxy groups -OCH3 is 1. The quantitative estimate of drug-likeness (QED) is 0.706. The fourth-order valence-corrected chi connectivity index (χ4v) is 3.52. The van der Waals surface area contributed by atoms with Gasteiger partial charge in [-0.2, -0.15) is 0 Å². The van der Waals surface area contributed by atoms with Gasteiger partial charge in [0.25, 0.3) is 0 Å². The fraction of sp³-hybridized carbons (Fsp3) is 0.700. The zero-order chi connectivity index (χ0) is 19.1. The summed E-state index contributed by atoms with van der Waals surface area (Å²) >= 11 is 0. The smallest absolute Gasteiger partial charge is 0.161 e. The second kappa shape index (κ2) is 10.2. The molecular formula is C20H33N3O4. The highest BCUT2D eigenvalue weighted by Crippen LogP contribution is 2.29. The topological polar surface area (TPSA) is 57.6 Å². The Balaban J connectivity index is 1.52. The van der Waals surface area contributed by atoms with E-state index in [0.717, 1.165) is 59.0 Å². The third kappa shape index (κ3) is 6.33. The van der Waals surface area contributed by atoms with Crippen molar-refractivity contribution >= 4 is 0 Å². The second-order valence-electron chi connectivity index (χ2n) is 7.44. The van der Waals surface area contributed by atoms with Crippen molar-refractivity contribution in [2.24, 2.45) is 0 Å². The summed E-state index contributed by atoms with van der Waals surface area (Å²) in [6, 6.07) is 6.04. The standard InChI is InChI=1S/C20H33N3O4/c1-21-5-7-22(8-6-21)15-18(24)16-27-20-13-17(3-4-19(20)25-2)14-23-9-11-26-12-10-23/h3-4,13,18,24H,5-12,14-16H2,1-2H3. The Morgan fingerprint density at radius 3 is 2.48 bits per heavy atom. The molecule has 27 heavy (non-hydrogen) atoms. The number of hydrogen-bond donors (Lipinski definition) is 1. The molecule has 152 valence electrons. The van der Waals surface area contributed by atoms with E-state index in [0.29, 0.717) is 18.0 Å². The molecule has 2 heterocycles. The van der Waals surface area contributed by atoms with E-state index in [2.05, 4.69) is 27.8 Å². The first-order chi connectivity index (χ1) is 13.1. The van der Waals surface area contributed by atoms with E-state index in [9.17, 15) is 5.11 Å². The molecule has 2 aliphatic rings. The Morgan fingerprint density at radius 2 is 1.78 bits per heavy atom.